The van der Waals surface area contributed by atoms with Gasteiger partial charge in [0.15, 0.2) is 0 Å². The Labute approximate surface area is 105 Å². The minimum Gasteiger partial charge on any atom is -0.464 e. The summed E-state index contributed by atoms with van der Waals surface area (Å²) in [4.78, 5) is 13.5. The maximum atomic E-state index is 11.3. The van der Waals surface area contributed by atoms with Gasteiger partial charge in [-0.1, -0.05) is 15.9 Å². The Morgan fingerprint density at radius 1 is 1.31 bits per heavy atom. The van der Waals surface area contributed by atoms with Crippen molar-refractivity contribution < 1.29 is 14.3 Å². The Hall–Kier alpha value is -0.130. The number of unbranched alkanes of at least 4 members (excludes halogenated alkanes) is 1. The molecule has 0 bridgehead atoms. The molecule has 1 heterocycles. The van der Waals surface area contributed by atoms with Gasteiger partial charge in [-0.15, -0.1) is 0 Å². The summed E-state index contributed by atoms with van der Waals surface area (Å²) in [5, 5.41) is 0.952. The first kappa shape index (κ1) is 13.9. The summed E-state index contributed by atoms with van der Waals surface area (Å²) >= 11 is 3.33. The molecule has 0 N–H and O–H groups in total. The van der Waals surface area contributed by atoms with Crippen molar-refractivity contribution in [2.45, 2.75) is 19.3 Å². The fourth-order valence-corrected chi connectivity index (χ4v) is 1.95. The summed E-state index contributed by atoms with van der Waals surface area (Å²) in [6, 6.07) is 0. The largest absolute Gasteiger partial charge is 0.464 e. The summed E-state index contributed by atoms with van der Waals surface area (Å²) in [6.07, 6.45) is 2.47. The zero-order valence-electron chi connectivity index (χ0n) is 9.62. The first-order chi connectivity index (χ1) is 7.83. The minimum absolute atomic E-state index is 0.0748. The molecule has 0 aromatic carbocycles. The lowest BCUT2D eigenvalue weighted by atomic mass is 10.2. The van der Waals surface area contributed by atoms with Crippen molar-refractivity contribution in [2.24, 2.45) is 0 Å². The summed E-state index contributed by atoms with van der Waals surface area (Å²) < 4.78 is 10.4. The smallest absolute Gasteiger partial charge is 0.305 e. The van der Waals surface area contributed by atoms with Gasteiger partial charge in [0, 0.05) is 31.4 Å². The molecule has 0 amide bonds. The lowest BCUT2D eigenvalue weighted by Crippen LogP contribution is -2.38. The van der Waals surface area contributed by atoms with Crippen molar-refractivity contribution in [1.82, 2.24) is 4.90 Å². The molecule has 0 aromatic heterocycles. The van der Waals surface area contributed by atoms with Crippen LogP contribution in [0.15, 0.2) is 0 Å². The second kappa shape index (κ2) is 8.96. The van der Waals surface area contributed by atoms with Crippen LogP contribution in [0.2, 0.25) is 0 Å². The van der Waals surface area contributed by atoms with E-state index in [0.29, 0.717) is 13.0 Å². The van der Waals surface area contributed by atoms with E-state index in [0.717, 1.165) is 51.0 Å². The summed E-state index contributed by atoms with van der Waals surface area (Å²) in [5.41, 5.74) is 0. The molecular weight excluding hydrogens is 274 g/mol. The van der Waals surface area contributed by atoms with Gasteiger partial charge in [-0.3, -0.25) is 9.69 Å². The summed E-state index contributed by atoms with van der Waals surface area (Å²) in [5.74, 6) is -0.0748. The van der Waals surface area contributed by atoms with E-state index < -0.39 is 0 Å². The Balaban J connectivity index is 1.94. The monoisotopic (exact) mass is 293 g/mol. The number of hydrogen-bond acceptors (Lipinski definition) is 4. The summed E-state index contributed by atoms with van der Waals surface area (Å²) in [7, 11) is 0. The van der Waals surface area contributed by atoms with Crippen molar-refractivity contribution in [1.29, 1.82) is 0 Å². The standard InChI is InChI=1S/C11H20BrNO3/c12-4-2-1-3-11(14)16-10-7-13-5-8-15-9-6-13/h1-10H2. The predicted octanol–water partition coefficient (Wildman–Crippen LogP) is 1.43. The predicted molar refractivity (Wildman–Crippen MR) is 65.9 cm³/mol. The van der Waals surface area contributed by atoms with Gasteiger partial charge in [-0.2, -0.15) is 0 Å². The molecule has 5 heteroatoms. The highest BCUT2D eigenvalue weighted by Crippen LogP contribution is 2.01. The average molecular weight is 294 g/mol. The highest BCUT2D eigenvalue weighted by molar-refractivity contribution is 9.09. The maximum Gasteiger partial charge on any atom is 0.305 e. The van der Waals surface area contributed by atoms with Crippen molar-refractivity contribution in [3.8, 4) is 0 Å². The highest BCUT2D eigenvalue weighted by atomic mass is 79.9. The molecular formula is C11H20BrNO3. The van der Waals surface area contributed by atoms with Gasteiger partial charge in [-0.25, -0.2) is 0 Å². The average Bonchev–Trinajstić information content (AvgIpc) is 2.31. The first-order valence-corrected chi connectivity index (χ1v) is 6.97. The minimum atomic E-state index is -0.0748. The number of morpholine rings is 1. The highest BCUT2D eigenvalue weighted by Gasteiger charge is 2.10. The van der Waals surface area contributed by atoms with E-state index in [1.807, 2.05) is 0 Å². The van der Waals surface area contributed by atoms with E-state index in [-0.39, 0.29) is 5.97 Å². The van der Waals surface area contributed by atoms with Crippen molar-refractivity contribution in [2.75, 3.05) is 44.8 Å². The SMILES string of the molecule is O=C(CCCCBr)OCCN1CCOCC1. The molecule has 94 valence electrons. The van der Waals surface area contributed by atoms with E-state index in [2.05, 4.69) is 20.8 Å². The van der Waals surface area contributed by atoms with E-state index in [1.165, 1.54) is 0 Å². The number of carbonyl (C=O) groups excluding carboxylic acids is 1. The van der Waals surface area contributed by atoms with Gasteiger partial charge in [-0.05, 0) is 12.8 Å². The van der Waals surface area contributed by atoms with Crippen LogP contribution in [0.1, 0.15) is 19.3 Å². The van der Waals surface area contributed by atoms with Gasteiger partial charge < -0.3 is 9.47 Å². The van der Waals surface area contributed by atoms with Crippen LogP contribution in [0.5, 0.6) is 0 Å². The zero-order chi connectivity index (χ0) is 11.6. The van der Waals surface area contributed by atoms with Crippen LogP contribution < -0.4 is 0 Å². The second-order valence-corrected chi connectivity index (χ2v) is 4.61. The van der Waals surface area contributed by atoms with Crippen LogP contribution in [0.4, 0.5) is 0 Å². The van der Waals surface area contributed by atoms with E-state index >= 15 is 0 Å². The van der Waals surface area contributed by atoms with Crippen LogP contribution >= 0.6 is 15.9 Å². The van der Waals surface area contributed by atoms with E-state index in [4.69, 9.17) is 9.47 Å². The number of carbonyl (C=O) groups is 1. The topological polar surface area (TPSA) is 38.8 Å². The molecule has 16 heavy (non-hydrogen) atoms. The molecule has 0 aliphatic carbocycles. The Morgan fingerprint density at radius 3 is 2.75 bits per heavy atom. The van der Waals surface area contributed by atoms with Crippen molar-refractivity contribution >= 4 is 21.9 Å². The molecule has 1 saturated heterocycles. The molecule has 4 nitrogen and oxygen atoms in total. The Kier molecular flexibility index (Phi) is 7.80. The van der Waals surface area contributed by atoms with Gasteiger partial charge >= 0.3 is 5.97 Å². The van der Waals surface area contributed by atoms with Gasteiger partial charge in [0.25, 0.3) is 0 Å². The molecule has 0 aromatic rings. The van der Waals surface area contributed by atoms with Crippen molar-refractivity contribution in [3.63, 3.8) is 0 Å². The van der Waals surface area contributed by atoms with Crippen LogP contribution in [0.3, 0.4) is 0 Å². The van der Waals surface area contributed by atoms with E-state index in [1.54, 1.807) is 0 Å². The van der Waals surface area contributed by atoms with Crippen LogP contribution in [-0.4, -0.2) is 55.7 Å². The molecule has 1 rings (SSSR count). The second-order valence-electron chi connectivity index (χ2n) is 3.82. The third-order valence-corrected chi connectivity index (χ3v) is 3.10. The molecule has 0 spiro atoms. The number of hydrogen-bond donors (Lipinski definition) is 0. The first-order valence-electron chi connectivity index (χ1n) is 5.84. The number of alkyl halides is 1. The van der Waals surface area contributed by atoms with Gasteiger partial charge in [0.2, 0.25) is 0 Å². The lowest BCUT2D eigenvalue weighted by molar-refractivity contribution is -0.144. The number of rotatable bonds is 7. The van der Waals surface area contributed by atoms with Gasteiger partial charge in [0.1, 0.15) is 6.61 Å². The maximum absolute atomic E-state index is 11.3. The normalized spacial score (nSPS) is 17.3. The fourth-order valence-electron chi connectivity index (χ4n) is 1.55. The molecule has 1 fully saturated rings. The summed E-state index contributed by atoms with van der Waals surface area (Å²) in [6.45, 7) is 4.81. The zero-order valence-corrected chi connectivity index (χ0v) is 11.2. The molecule has 0 atom stereocenters. The third-order valence-electron chi connectivity index (χ3n) is 2.54. The Morgan fingerprint density at radius 2 is 2.06 bits per heavy atom. The van der Waals surface area contributed by atoms with Gasteiger partial charge in [0.05, 0.1) is 13.2 Å². The quantitative estimate of drug-likeness (QED) is 0.404. The number of nitrogens with zero attached hydrogens (tertiary/aromatic N) is 1. The number of esters is 1. The molecule has 1 aliphatic rings. The molecule has 0 radical (unpaired) electrons. The molecule has 0 saturated carbocycles. The van der Waals surface area contributed by atoms with E-state index in [9.17, 15) is 4.79 Å². The molecule has 1 aliphatic heterocycles. The van der Waals surface area contributed by atoms with Crippen LogP contribution in [0, 0.1) is 0 Å². The number of ether oxygens (including phenoxy) is 2. The van der Waals surface area contributed by atoms with Crippen LogP contribution in [-0.2, 0) is 14.3 Å². The third kappa shape index (κ3) is 6.45. The van der Waals surface area contributed by atoms with Crippen molar-refractivity contribution in [3.05, 3.63) is 0 Å². The van der Waals surface area contributed by atoms with Crippen LogP contribution in [0.25, 0.3) is 0 Å². The Bertz CT molecular complexity index is 196. The molecule has 0 unspecified atom stereocenters. The fraction of sp³-hybridized carbons (Fsp3) is 0.909. The number of halogens is 1. The lowest BCUT2D eigenvalue weighted by Gasteiger charge is -2.26.